The molecule has 2 N–H and O–H groups in total. The van der Waals surface area contributed by atoms with E-state index >= 15 is 0 Å². The van der Waals surface area contributed by atoms with Gasteiger partial charge in [-0.1, -0.05) is 0 Å². The molecule has 0 saturated carbocycles. The van der Waals surface area contributed by atoms with Gasteiger partial charge in [0.05, 0.1) is 17.3 Å². The lowest BCUT2D eigenvalue weighted by Crippen LogP contribution is -2.15. The first-order valence-corrected chi connectivity index (χ1v) is 6.22. The van der Waals surface area contributed by atoms with E-state index in [1.807, 2.05) is 6.07 Å². The number of hydrogen-bond donors (Lipinski definition) is 1. The highest BCUT2D eigenvalue weighted by molar-refractivity contribution is 9.13. The third kappa shape index (κ3) is 4.40. The fourth-order valence-electron chi connectivity index (χ4n) is 0.910. The first kappa shape index (κ1) is 15.4. The number of carbonyl (C=O) groups excluding carboxylic acids is 1. The molecule has 15 heavy (non-hydrogen) atoms. The van der Waals surface area contributed by atoms with Crippen molar-refractivity contribution >= 4 is 61.6 Å². The zero-order valence-electron chi connectivity index (χ0n) is 7.83. The molecule has 0 spiro atoms. The number of thiophene rings is 1. The van der Waals surface area contributed by atoms with Gasteiger partial charge in [0.2, 0.25) is 0 Å². The lowest BCUT2D eigenvalue weighted by Gasteiger charge is -2.06. The summed E-state index contributed by atoms with van der Waals surface area (Å²) in [7, 11) is 1.36. The van der Waals surface area contributed by atoms with Gasteiger partial charge in [0.15, 0.2) is 0 Å². The summed E-state index contributed by atoms with van der Waals surface area (Å²) in [5, 5.41) is 0. The monoisotopic (exact) mass is 377 g/mol. The maximum atomic E-state index is 11.0. The molecular weight excluding hydrogens is 369 g/mol. The molecule has 1 atom stereocenters. The molecule has 1 aromatic heterocycles. The molecule has 1 heterocycles. The Labute approximate surface area is 115 Å². The molecule has 0 aromatic carbocycles. The van der Waals surface area contributed by atoms with Crippen molar-refractivity contribution in [3.63, 3.8) is 0 Å². The Morgan fingerprint density at radius 1 is 1.67 bits per heavy atom. The van der Waals surface area contributed by atoms with Crippen molar-refractivity contribution in [1.29, 1.82) is 0 Å². The van der Waals surface area contributed by atoms with Crippen LogP contribution in [0.2, 0.25) is 0 Å². The van der Waals surface area contributed by atoms with Gasteiger partial charge in [0.25, 0.3) is 0 Å². The SMILES string of the molecule is COC(=O)C[C@@H](N)c1cc(Br)c(Br)s1.Cl. The number of rotatable bonds is 3. The Hall–Kier alpha value is 0.380. The van der Waals surface area contributed by atoms with E-state index < -0.39 is 0 Å². The first-order chi connectivity index (χ1) is 6.54. The lowest BCUT2D eigenvalue weighted by atomic mass is 10.2. The summed E-state index contributed by atoms with van der Waals surface area (Å²) in [5.41, 5.74) is 5.82. The Bertz CT molecular complexity index is 326. The molecule has 0 unspecified atom stereocenters. The van der Waals surface area contributed by atoms with Crippen LogP contribution >= 0.6 is 55.6 Å². The van der Waals surface area contributed by atoms with Crippen LogP contribution in [0.1, 0.15) is 17.3 Å². The van der Waals surface area contributed by atoms with E-state index in [4.69, 9.17) is 5.73 Å². The van der Waals surface area contributed by atoms with Gasteiger partial charge in [-0.2, -0.15) is 0 Å². The van der Waals surface area contributed by atoms with Crippen LogP contribution in [0.15, 0.2) is 14.3 Å². The molecule has 7 heteroatoms. The standard InChI is InChI=1S/C8H9Br2NO2S.ClH/c1-13-7(12)3-5(11)6-2-4(9)8(10)14-6;/h2,5H,3,11H2,1H3;1H/t5-;/m1./s1. The maximum absolute atomic E-state index is 11.0. The summed E-state index contributed by atoms with van der Waals surface area (Å²) in [5.74, 6) is -0.293. The molecule has 1 aromatic rings. The number of ether oxygens (including phenoxy) is 1. The molecule has 0 bridgehead atoms. The summed E-state index contributed by atoms with van der Waals surface area (Å²) in [6.45, 7) is 0. The maximum Gasteiger partial charge on any atom is 0.307 e. The largest absolute Gasteiger partial charge is 0.469 e. The first-order valence-electron chi connectivity index (χ1n) is 3.81. The molecule has 3 nitrogen and oxygen atoms in total. The average molecular weight is 380 g/mol. The van der Waals surface area contributed by atoms with E-state index in [9.17, 15) is 4.79 Å². The summed E-state index contributed by atoms with van der Waals surface area (Å²) in [6.07, 6.45) is 0.204. The second-order valence-electron chi connectivity index (χ2n) is 2.66. The summed E-state index contributed by atoms with van der Waals surface area (Å²) < 4.78 is 6.48. The normalized spacial score (nSPS) is 11.7. The number of esters is 1. The van der Waals surface area contributed by atoms with Crippen molar-refractivity contribution in [2.24, 2.45) is 5.73 Å². The van der Waals surface area contributed by atoms with Crippen LogP contribution in [0.25, 0.3) is 0 Å². The topological polar surface area (TPSA) is 52.3 Å². The zero-order chi connectivity index (χ0) is 10.7. The summed E-state index contributed by atoms with van der Waals surface area (Å²) in [6, 6.07) is 1.61. The van der Waals surface area contributed by atoms with Gasteiger partial charge >= 0.3 is 5.97 Å². The highest BCUT2D eigenvalue weighted by atomic mass is 79.9. The van der Waals surface area contributed by atoms with Crippen molar-refractivity contribution in [2.75, 3.05) is 7.11 Å². The van der Waals surface area contributed by atoms with Crippen molar-refractivity contribution in [2.45, 2.75) is 12.5 Å². The molecule has 0 aliphatic heterocycles. The summed E-state index contributed by atoms with van der Waals surface area (Å²) >= 11 is 8.24. The Kier molecular flexibility index (Phi) is 7.03. The predicted octanol–water partition coefficient (Wildman–Crippen LogP) is 3.26. The quantitative estimate of drug-likeness (QED) is 0.820. The van der Waals surface area contributed by atoms with E-state index in [1.165, 1.54) is 18.4 Å². The minimum atomic E-state index is -0.296. The van der Waals surface area contributed by atoms with Crippen LogP contribution in [0.5, 0.6) is 0 Å². The number of halogens is 3. The number of carbonyl (C=O) groups is 1. The van der Waals surface area contributed by atoms with Gasteiger partial charge < -0.3 is 10.5 Å². The van der Waals surface area contributed by atoms with E-state index in [1.54, 1.807) is 0 Å². The van der Waals surface area contributed by atoms with Gasteiger partial charge in [0.1, 0.15) is 0 Å². The van der Waals surface area contributed by atoms with Crippen molar-refractivity contribution in [3.05, 3.63) is 19.2 Å². The average Bonchev–Trinajstić information content (AvgIpc) is 2.47. The second kappa shape index (κ2) is 6.85. The van der Waals surface area contributed by atoms with Gasteiger partial charge in [-0.25, -0.2) is 0 Å². The molecule has 0 fully saturated rings. The van der Waals surface area contributed by atoms with Crippen LogP contribution in [0, 0.1) is 0 Å². The number of hydrogen-bond acceptors (Lipinski definition) is 4. The van der Waals surface area contributed by atoms with Gasteiger partial charge in [-0.15, -0.1) is 23.7 Å². The lowest BCUT2D eigenvalue weighted by molar-refractivity contribution is -0.141. The minimum Gasteiger partial charge on any atom is -0.469 e. The fourth-order valence-corrected chi connectivity index (χ4v) is 3.00. The molecule has 86 valence electrons. The molecule has 0 saturated heterocycles. The molecule has 0 aliphatic rings. The van der Waals surface area contributed by atoms with Crippen molar-refractivity contribution in [1.82, 2.24) is 0 Å². The Morgan fingerprint density at radius 3 is 2.67 bits per heavy atom. The fraction of sp³-hybridized carbons (Fsp3) is 0.375. The predicted molar refractivity (Wildman–Crippen MR) is 70.5 cm³/mol. The number of methoxy groups -OCH3 is 1. The van der Waals surface area contributed by atoms with Crippen LogP contribution < -0.4 is 5.73 Å². The van der Waals surface area contributed by atoms with Crippen LogP contribution in [-0.4, -0.2) is 13.1 Å². The van der Waals surface area contributed by atoms with Crippen molar-refractivity contribution < 1.29 is 9.53 Å². The molecule has 1 rings (SSSR count). The second-order valence-corrected chi connectivity index (χ2v) is 5.91. The van der Waals surface area contributed by atoms with Gasteiger partial charge in [0, 0.05) is 15.4 Å². The Morgan fingerprint density at radius 2 is 2.27 bits per heavy atom. The molecular formula is C8H10Br2ClNO2S. The van der Waals surface area contributed by atoms with Crippen LogP contribution in [-0.2, 0) is 9.53 Å². The van der Waals surface area contributed by atoms with Gasteiger partial charge in [-0.3, -0.25) is 4.79 Å². The van der Waals surface area contributed by atoms with Crippen LogP contribution in [0.4, 0.5) is 0 Å². The van der Waals surface area contributed by atoms with E-state index in [2.05, 4.69) is 36.6 Å². The zero-order valence-corrected chi connectivity index (χ0v) is 12.6. The highest BCUT2D eigenvalue weighted by Gasteiger charge is 2.15. The molecule has 0 amide bonds. The summed E-state index contributed by atoms with van der Waals surface area (Å²) in [4.78, 5) is 11.9. The smallest absolute Gasteiger partial charge is 0.307 e. The Balaban J connectivity index is 0.00000196. The van der Waals surface area contributed by atoms with E-state index in [0.717, 1.165) is 13.1 Å². The third-order valence-electron chi connectivity index (χ3n) is 1.64. The third-order valence-corrected chi connectivity index (χ3v) is 5.03. The molecule has 0 aliphatic carbocycles. The minimum absolute atomic E-state index is 0. The van der Waals surface area contributed by atoms with Gasteiger partial charge in [-0.05, 0) is 37.9 Å². The van der Waals surface area contributed by atoms with E-state index in [0.29, 0.717) is 0 Å². The molecule has 0 radical (unpaired) electrons. The highest BCUT2D eigenvalue weighted by Crippen LogP contribution is 2.35. The van der Waals surface area contributed by atoms with Crippen molar-refractivity contribution in [3.8, 4) is 0 Å². The number of nitrogens with two attached hydrogens (primary N) is 1. The van der Waals surface area contributed by atoms with E-state index in [-0.39, 0.29) is 30.8 Å². The van der Waals surface area contributed by atoms with Crippen LogP contribution in [0.3, 0.4) is 0 Å².